The number of hydrogen-bond donors (Lipinski definition) is 1. The number of Topliss-reactive ketones (excluding diaryl/α,β-unsaturated/α-hetero) is 1. The van der Waals surface area contributed by atoms with Crippen LogP contribution in [0.2, 0.25) is 0 Å². The lowest BCUT2D eigenvalue weighted by Crippen LogP contribution is -2.30. The van der Waals surface area contributed by atoms with Gasteiger partial charge in [-0.3, -0.25) is 14.5 Å². The summed E-state index contributed by atoms with van der Waals surface area (Å²) >= 11 is 0. The summed E-state index contributed by atoms with van der Waals surface area (Å²) in [5.74, 6) is 0.601. The average molecular weight is 429 g/mol. The van der Waals surface area contributed by atoms with Crippen LogP contribution in [0.1, 0.15) is 55.6 Å². The smallest absolute Gasteiger partial charge is 0.235 e. The number of sulfonamides is 1. The van der Waals surface area contributed by atoms with Crippen molar-refractivity contribution in [3.63, 3.8) is 0 Å². The van der Waals surface area contributed by atoms with Gasteiger partial charge >= 0.3 is 0 Å². The lowest BCUT2D eigenvalue weighted by molar-refractivity contribution is 0.100. The van der Waals surface area contributed by atoms with Crippen LogP contribution in [0, 0.1) is 0 Å². The summed E-state index contributed by atoms with van der Waals surface area (Å²) in [6.07, 6.45) is 0.917. The third kappa shape index (κ3) is 4.90. The lowest BCUT2D eigenvalue weighted by Gasteiger charge is -2.29. The van der Waals surface area contributed by atoms with Crippen LogP contribution in [0.3, 0.4) is 0 Å². The van der Waals surface area contributed by atoms with Gasteiger partial charge < -0.3 is 4.74 Å². The molecule has 30 heavy (non-hydrogen) atoms. The maximum atomic E-state index is 13.1. The number of ether oxygens (including phenoxy) is 1. The van der Waals surface area contributed by atoms with E-state index in [9.17, 15) is 13.2 Å². The Labute approximate surface area is 178 Å². The Bertz CT molecular complexity index is 1100. The Hall–Kier alpha value is -2.67. The highest BCUT2D eigenvalue weighted by molar-refractivity contribution is 7.93. The zero-order valence-corrected chi connectivity index (χ0v) is 18.8. The van der Waals surface area contributed by atoms with Gasteiger partial charge in [-0.25, -0.2) is 8.42 Å². The summed E-state index contributed by atoms with van der Waals surface area (Å²) in [6, 6.07) is 12.4. The molecule has 0 aromatic heterocycles. The number of aliphatic imine (C=N–C) groups is 1. The van der Waals surface area contributed by atoms with Crippen LogP contribution in [-0.4, -0.2) is 37.8 Å². The SMILES string of the molecule is COc1ccc2c(c1)C(CC(=O)c1cccc(NS(=O)(=O)C(C)C)c1)=NC(C)(C)C2. The molecule has 0 aliphatic carbocycles. The van der Waals surface area contributed by atoms with Crippen molar-refractivity contribution in [1.29, 1.82) is 0 Å². The van der Waals surface area contributed by atoms with E-state index in [0.717, 1.165) is 29.0 Å². The van der Waals surface area contributed by atoms with Crippen molar-refractivity contribution in [2.45, 2.75) is 51.3 Å². The van der Waals surface area contributed by atoms with Crippen molar-refractivity contribution in [1.82, 2.24) is 0 Å². The van der Waals surface area contributed by atoms with Crippen molar-refractivity contribution in [2.75, 3.05) is 11.8 Å². The molecular weight excluding hydrogens is 400 g/mol. The minimum atomic E-state index is -3.48. The van der Waals surface area contributed by atoms with Crippen molar-refractivity contribution in [2.24, 2.45) is 4.99 Å². The number of methoxy groups -OCH3 is 1. The molecule has 0 unspecified atom stereocenters. The maximum Gasteiger partial charge on any atom is 0.235 e. The van der Waals surface area contributed by atoms with Gasteiger partial charge in [-0.15, -0.1) is 0 Å². The molecule has 0 radical (unpaired) electrons. The fourth-order valence-corrected chi connectivity index (χ4v) is 4.15. The predicted molar refractivity (Wildman–Crippen MR) is 120 cm³/mol. The standard InChI is InChI=1S/C23H28N2O4S/c1-15(2)30(27,28)25-18-8-6-7-16(11-18)22(26)13-21-20-12-19(29-5)10-9-17(20)14-23(3,4)24-21/h6-12,15,25H,13-14H2,1-5H3. The van der Waals surface area contributed by atoms with E-state index in [-0.39, 0.29) is 17.7 Å². The number of nitrogens with one attached hydrogen (secondary N) is 1. The molecule has 1 heterocycles. The first-order valence-electron chi connectivity index (χ1n) is 9.92. The van der Waals surface area contributed by atoms with Gasteiger partial charge in [0.25, 0.3) is 0 Å². The van der Waals surface area contributed by atoms with E-state index in [0.29, 0.717) is 11.3 Å². The number of rotatable bonds is 7. The fourth-order valence-electron chi connectivity index (χ4n) is 3.46. The number of fused-ring (bicyclic) bond motifs is 1. The first-order chi connectivity index (χ1) is 14.0. The zero-order valence-electron chi connectivity index (χ0n) is 18.0. The second-order valence-corrected chi connectivity index (χ2v) is 10.7. The molecule has 0 spiro atoms. The van der Waals surface area contributed by atoms with Crippen LogP contribution in [0.4, 0.5) is 5.69 Å². The third-order valence-electron chi connectivity index (χ3n) is 5.08. The molecule has 0 bridgehead atoms. The second kappa shape index (κ2) is 8.22. The molecule has 160 valence electrons. The van der Waals surface area contributed by atoms with E-state index >= 15 is 0 Å². The molecule has 1 aliphatic heterocycles. The quantitative estimate of drug-likeness (QED) is 0.669. The van der Waals surface area contributed by atoms with Crippen molar-refractivity contribution in [3.05, 3.63) is 59.2 Å². The fraction of sp³-hybridized carbons (Fsp3) is 0.391. The zero-order chi connectivity index (χ0) is 22.1. The van der Waals surface area contributed by atoms with Crippen LogP contribution in [0.25, 0.3) is 0 Å². The van der Waals surface area contributed by atoms with E-state index in [2.05, 4.69) is 4.72 Å². The van der Waals surface area contributed by atoms with E-state index in [1.165, 1.54) is 0 Å². The number of hydrogen-bond acceptors (Lipinski definition) is 5. The number of anilines is 1. The van der Waals surface area contributed by atoms with Crippen molar-refractivity contribution < 1.29 is 17.9 Å². The van der Waals surface area contributed by atoms with Gasteiger partial charge in [-0.05, 0) is 63.9 Å². The van der Waals surface area contributed by atoms with Crippen LogP contribution in [0.5, 0.6) is 5.75 Å². The lowest BCUT2D eigenvalue weighted by atomic mass is 9.85. The highest BCUT2D eigenvalue weighted by Crippen LogP contribution is 2.31. The van der Waals surface area contributed by atoms with E-state index in [4.69, 9.17) is 9.73 Å². The van der Waals surface area contributed by atoms with Crippen LogP contribution >= 0.6 is 0 Å². The molecule has 2 aromatic carbocycles. The topological polar surface area (TPSA) is 84.8 Å². The minimum Gasteiger partial charge on any atom is -0.497 e. The molecule has 0 amide bonds. The molecule has 0 atom stereocenters. The summed E-state index contributed by atoms with van der Waals surface area (Å²) < 4.78 is 32.2. The van der Waals surface area contributed by atoms with Crippen molar-refractivity contribution in [3.8, 4) is 5.75 Å². The normalized spacial score (nSPS) is 15.3. The summed E-state index contributed by atoms with van der Waals surface area (Å²) in [5.41, 5.74) is 3.30. The third-order valence-corrected chi connectivity index (χ3v) is 6.84. The molecule has 7 heteroatoms. The maximum absolute atomic E-state index is 13.1. The summed E-state index contributed by atoms with van der Waals surface area (Å²) in [5, 5.41) is -0.567. The Kier molecular flexibility index (Phi) is 6.04. The van der Waals surface area contributed by atoms with Gasteiger partial charge in [0.05, 0.1) is 30.0 Å². The van der Waals surface area contributed by atoms with E-state index in [1.807, 2.05) is 32.0 Å². The number of nitrogens with zero attached hydrogens (tertiary/aromatic N) is 1. The number of ketones is 1. The summed E-state index contributed by atoms with van der Waals surface area (Å²) in [7, 11) is -1.87. The molecule has 0 fully saturated rings. The predicted octanol–water partition coefficient (Wildman–Crippen LogP) is 4.24. The molecule has 6 nitrogen and oxygen atoms in total. The highest BCUT2D eigenvalue weighted by atomic mass is 32.2. The Morgan fingerprint density at radius 3 is 2.60 bits per heavy atom. The largest absolute Gasteiger partial charge is 0.497 e. The number of carbonyl (C=O) groups excluding carboxylic acids is 1. The summed E-state index contributed by atoms with van der Waals surface area (Å²) in [6.45, 7) is 7.30. The van der Waals surface area contributed by atoms with Gasteiger partial charge in [0.15, 0.2) is 5.78 Å². The van der Waals surface area contributed by atoms with Crippen LogP contribution in [-0.2, 0) is 16.4 Å². The van der Waals surface area contributed by atoms with Gasteiger partial charge in [0.1, 0.15) is 5.75 Å². The van der Waals surface area contributed by atoms with Gasteiger partial charge in [0.2, 0.25) is 10.0 Å². The molecular formula is C23H28N2O4S. The minimum absolute atomic E-state index is 0.120. The first kappa shape index (κ1) is 22.0. The number of carbonyl (C=O) groups is 1. The molecule has 0 saturated carbocycles. The molecule has 0 saturated heterocycles. The summed E-state index contributed by atoms with van der Waals surface area (Å²) in [4.78, 5) is 17.9. The molecule has 1 N–H and O–H groups in total. The Morgan fingerprint density at radius 1 is 1.20 bits per heavy atom. The molecule has 3 rings (SSSR count). The monoisotopic (exact) mass is 428 g/mol. The second-order valence-electron chi connectivity index (χ2n) is 8.45. The Balaban J connectivity index is 1.89. The van der Waals surface area contributed by atoms with Gasteiger partial charge in [0, 0.05) is 16.8 Å². The van der Waals surface area contributed by atoms with E-state index < -0.39 is 15.3 Å². The average Bonchev–Trinajstić information content (AvgIpc) is 2.66. The number of benzene rings is 2. The van der Waals surface area contributed by atoms with Gasteiger partial charge in [-0.1, -0.05) is 18.2 Å². The van der Waals surface area contributed by atoms with E-state index in [1.54, 1.807) is 45.2 Å². The molecule has 2 aromatic rings. The van der Waals surface area contributed by atoms with Gasteiger partial charge in [-0.2, -0.15) is 0 Å². The van der Waals surface area contributed by atoms with Crippen LogP contribution < -0.4 is 9.46 Å². The Morgan fingerprint density at radius 2 is 1.93 bits per heavy atom. The highest BCUT2D eigenvalue weighted by Gasteiger charge is 2.28. The first-order valence-corrected chi connectivity index (χ1v) is 11.5. The molecule has 1 aliphatic rings. The van der Waals surface area contributed by atoms with Crippen LogP contribution in [0.15, 0.2) is 47.5 Å². The van der Waals surface area contributed by atoms with Crippen molar-refractivity contribution >= 4 is 27.2 Å².